The molecule has 0 heterocycles. The Labute approximate surface area is 93.5 Å². The predicted molar refractivity (Wildman–Crippen MR) is 57.7 cm³/mol. The van der Waals surface area contributed by atoms with E-state index in [4.69, 9.17) is 5.73 Å². The average molecular weight is 231 g/mol. The molecule has 1 unspecified atom stereocenters. The summed E-state index contributed by atoms with van der Waals surface area (Å²) < 4.78 is 41.2. The quantitative estimate of drug-likeness (QED) is 0.845. The minimum Gasteiger partial charge on any atom is -0.324 e. The molecule has 1 nitrogen and oxygen atoms in total. The van der Waals surface area contributed by atoms with Crippen LogP contribution >= 0.6 is 0 Å². The molecule has 4 heteroatoms. The van der Waals surface area contributed by atoms with Gasteiger partial charge >= 0.3 is 0 Å². The lowest BCUT2D eigenvalue weighted by molar-refractivity contribution is -0.0545. The molecule has 2 N–H and O–H groups in total. The number of alkyl halides is 2. The second-order valence-corrected chi connectivity index (χ2v) is 4.28. The molecule has 0 spiro atoms. The molecule has 0 aliphatic heterocycles. The monoisotopic (exact) mass is 231 g/mol. The van der Waals surface area contributed by atoms with Crippen LogP contribution in [0.15, 0.2) is 18.2 Å². The van der Waals surface area contributed by atoms with E-state index >= 15 is 0 Å². The summed E-state index contributed by atoms with van der Waals surface area (Å²) in [5.41, 5.74) is 5.07. The smallest absolute Gasteiger partial charge is 0.278 e. The number of hydrogen-bond donors (Lipinski definition) is 1. The first kappa shape index (κ1) is 13.0. The fourth-order valence-electron chi connectivity index (χ4n) is 1.47. The number of rotatable bonds is 3. The van der Waals surface area contributed by atoms with Gasteiger partial charge in [-0.1, -0.05) is 32.0 Å². The van der Waals surface area contributed by atoms with Crippen molar-refractivity contribution >= 4 is 0 Å². The van der Waals surface area contributed by atoms with E-state index < -0.39 is 29.3 Å². The first-order valence-electron chi connectivity index (χ1n) is 5.20. The van der Waals surface area contributed by atoms with Gasteiger partial charge in [0, 0.05) is 17.5 Å². The van der Waals surface area contributed by atoms with Gasteiger partial charge in [-0.3, -0.25) is 0 Å². The van der Waals surface area contributed by atoms with Crippen molar-refractivity contribution in [2.24, 2.45) is 11.7 Å². The number of hydrogen-bond acceptors (Lipinski definition) is 1. The maximum Gasteiger partial charge on any atom is 0.278 e. The first-order valence-corrected chi connectivity index (χ1v) is 5.20. The minimum atomic E-state index is -3.17. The normalized spacial score (nSPS) is 14.2. The number of benzene rings is 1. The van der Waals surface area contributed by atoms with Crippen LogP contribution in [-0.2, 0) is 5.92 Å². The van der Waals surface area contributed by atoms with Crippen molar-refractivity contribution in [1.29, 1.82) is 0 Å². The Bertz CT molecular complexity index is 373. The summed E-state index contributed by atoms with van der Waals surface area (Å²) >= 11 is 0. The fraction of sp³-hybridized carbons (Fsp3) is 0.500. The van der Waals surface area contributed by atoms with E-state index in [1.54, 1.807) is 6.92 Å². The van der Waals surface area contributed by atoms with Crippen LogP contribution in [0.4, 0.5) is 13.2 Å². The molecular weight excluding hydrogens is 215 g/mol. The third-order valence-corrected chi connectivity index (χ3v) is 2.60. The molecule has 16 heavy (non-hydrogen) atoms. The summed E-state index contributed by atoms with van der Waals surface area (Å²) in [6.07, 6.45) is 0. The second-order valence-electron chi connectivity index (χ2n) is 4.28. The van der Waals surface area contributed by atoms with Crippen molar-refractivity contribution in [2.75, 3.05) is 0 Å². The Kier molecular flexibility index (Phi) is 3.63. The van der Waals surface area contributed by atoms with Gasteiger partial charge in [-0.2, -0.15) is 0 Å². The maximum atomic E-state index is 13.8. The van der Waals surface area contributed by atoms with Gasteiger partial charge < -0.3 is 5.73 Å². The zero-order chi connectivity index (χ0) is 12.5. The van der Waals surface area contributed by atoms with Crippen molar-refractivity contribution in [1.82, 2.24) is 0 Å². The van der Waals surface area contributed by atoms with Crippen LogP contribution in [0, 0.1) is 11.7 Å². The Morgan fingerprint density at radius 1 is 1.19 bits per heavy atom. The van der Waals surface area contributed by atoms with Crippen LogP contribution in [0.5, 0.6) is 0 Å². The van der Waals surface area contributed by atoms with E-state index in [0.29, 0.717) is 0 Å². The van der Waals surface area contributed by atoms with Gasteiger partial charge in [0.25, 0.3) is 5.92 Å². The zero-order valence-electron chi connectivity index (χ0n) is 9.60. The largest absolute Gasteiger partial charge is 0.324 e. The SMILES string of the molecule is CC(N)c1cccc(C(F)(F)C(C)C)c1F. The summed E-state index contributed by atoms with van der Waals surface area (Å²) in [6.45, 7) is 4.28. The van der Waals surface area contributed by atoms with E-state index in [0.717, 1.165) is 6.07 Å². The number of halogens is 3. The Balaban J connectivity index is 3.31. The van der Waals surface area contributed by atoms with E-state index in [1.165, 1.54) is 26.0 Å². The molecule has 0 radical (unpaired) electrons. The maximum absolute atomic E-state index is 13.8. The summed E-state index contributed by atoms with van der Waals surface area (Å²) in [4.78, 5) is 0. The van der Waals surface area contributed by atoms with E-state index in [-0.39, 0.29) is 5.56 Å². The molecule has 0 aliphatic rings. The minimum absolute atomic E-state index is 0.123. The summed E-state index contributed by atoms with van der Waals surface area (Å²) in [6, 6.07) is 3.36. The molecule has 0 saturated carbocycles. The molecule has 0 saturated heterocycles. The lowest BCUT2D eigenvalue weighted by atomic mass is 9.94. The van der Waals surface area contributed by atoms with Crippen LogP contribution in [0.3, 0.4) is 0 Å². The second kappa shape index (κ2) is 4.45. The molecule has 0 fully saturated rings. The first-order chi connectivity index (χ1) is 7.28. The van der Waals surface area contributed by atoms with Crippen molar-refractivity contribution in [3.8, 4) is 0 Å². The molecule has 0 amide bonds. The molecule has 0 bridgehead atoms. The lowest BCUT2D eigenvalue weighted by Gasteiger charge is -2.22. The van der Waals surface area contributed by atoms with E-state index in [9.17, 15) is 13.2 Å². The van der Waals surface area contributed by atoms with Gasteiger partial charge in [0.1, 0.15) is 5.82 Å². The van der Waals surface area contributed by atoms with Gasteiger partial charge in [0.2, 0.25) is 0 Å². The molecule has 1 aromatic rings. The predicted octanol–water partition coefficient (Wildman–Crippen LogP) is 3.59. The summed E-state index contributed by atoms with van der Waals surface area (Å²) in [7, 11) is 0. The van der Waals surface area contributed by atoms with Gasteiger partial charge in [-0.05, 0) is 6.92 Å². The topological polar surface area (TPSA) is 26.0 Å². The van der Waals surface area contributed by atoms with Gasteiger partial charge in [0.05, 0.1) is 5.56 Å². The summed E-state index contributed by atoms with van der Waals surface area (Å²) in [5, 5.41) is 0. The van der Waals surface area contributed by atoms with Gasteiger partial charge in [-0.15, -0.1) is 0 Å². The highest BCUT2D eigenvalue weighted by atomic mass is 19.3. The lowest BCUT2D eigenvalue weighted by Crippen LogP contribution is -2.23. The van der Waals surface area contributed by atoms with Crippen LogP contribution in [0.2, 0.25) is 0 Å². The van der Waals surface area contributed by atoms with Crippen LogP contribution < -0.4 is 5.73 Å². The molecule has 90 valence electrons. The van der Waals surface area contributed by atoms with Crippen LogP contribution in [0.25, 0.3) is 0 Å². The Hall–Kier alpha value is -1.03. The molecule has 0 aromatic heterocycles. The molecule has 0 aliphatic carbocycles. The van der Waals surface area contributed by atoms with Crippen LogP contribution in [0.1, 0.15) is 37.9 Å². The molecule has 1 aromatic carbocycles. The third-order valence-electron chi connectivity index (χ3n) is 2.60. The van der Waals surface area contributed by atoms with Crippen LogP contribution in [-0.4, -0.2) is 0 Å². The fourth-order valence-corrected chi connectivity index (χ4v) is 1.47. The summed E-state index contributed by atoms with van der Waals surface area (Å²) in [5.74, 6) is -5.02. The van der Waals surface area contributed by atoms with Crippen molar-refractivity contribution in [2.45, 2.75) is 32.7 Å². The Morgan fingerprint density at radius 2 is 1.75 bits per heavy atom. The van der Waals surface area contributed by atoms with Gasteiger partial charge in [-0.25, -0.2) is 13.2 Å². The Morgan fingerprint density at radius 3 is 2.19 bits per heavy atom. The molecule has 1 atom stereocenters. The van der Waals surface area contributed by atoms with E-state index in [2.05, 4.69) is 0 Å². The highest BCUT2D eigenvalue weighted by Gasteiger charge is 2.38. The standard InChI is InChI=1S/C12H16F3N/c1-7(2)12(14,15)10-6-4-5-9(8(3)16)11(10)13/h4-8H,16H2,1-3H3. The van der Waals surface area contributed by atoms with E-state index in [1.807, 2.05) is 0 Å². The molecular formula is C12H16F3N. The van der Waals surface area contributed by atoms with Crippen molar-refractivity contribution in [3.63, 3.8) is 0 Å². The molecule has 1 rings (SSSR count). The highest BCUT2D eigenvalue weighted by Crippen LogP contribution is 2.38. The zero-order valence-corrected chi connectivity index (χ0v) is 9.60. The average Bonchev–Trinajstić information content (AvgIpc) is 2.16. The van der Waals surface area contributed by atoms with Crippen molar-refractivity contribution < 1.29 is 13.2 Å². The van der Waals surface area contributed by atoms with Gasteiger partial charge in [0.15, 0.2) is 0 Å². The highest BCUT2D eigenvalue weighted by molar-refractivity contribution is 5.31. The third kappa shape index (κ3) is 2.21. The van der Waals surface area contributed by atoms with Crippen molar-refractivity contribution in [3.05, 3.63) is 35.1 Å². The number of nitrogens with two attached hydrogens (primary N) is 1.